The van der Waals surface area contributed by atoms with Crippen molar-refractivity contribution in [1.29, 1.82) is 0 Å². The fraction of sp³-hybridized carbons (Fsp3) is 0.800. The highest BCUT2D eigenvalue weighted by Gasteiger charge is 2.32. The summed E-state index contributed by atoms with van der Waals surface area (Å²) in [6, 6.07) is 0. The van der Waals surface area contributed by atoms with Crippen LogP contribution in [0.15, 0.2) is 0 Å². The van der Waals surface area contributed by atoms with Crippen LogP contribution in [-0.4, -0.2) is 71.7 Å². The summed E-state index contributed by atoms with van der Waals surface area (Å²) in [4.78, 5) is 41.1. The van der Waals surface area contributed by atoms with Gasteiger partial charge in [0.2, 0.25) is 17.7 Å². The third-order valence-electron chi connectivity index (χ3n) is 4.46. The Labute approximate surface area is 126 Å². The van der Waals surface area contributed by atoms with E-state index in [2.05, 4.69) is 0 Å². The first-order valence-corrected chi connectivity index (χ1v) is 7.85. The summed E-state index contributed by atoms with van der Waals surface area (Å²) in [5.41, 5.74) is 0. The second-order valence-corrected chi connectivity index (χ2v) is 5.86. The van der Waals surface area contributed by atoms with E-state index in [0.717, 1.165) is 19.4 Å². The van der Waals surface area contributed by atoms with Gasteiger partial charge in [-0.1, -0.05) is 6.92 Å². The van der Waals surface area contributed by atoms with Gasteiger partial charge in [0.25, 0.3) is 0 Å². The molecule has 0 aromatic carbocycles. The molecule has 0 spiro atoms. The van der Waals surface area contributed by atoms with Gasteiger partial charge in [-0.25, -0.2) is 0 Å². The molecule has 118 valence electrons. The lowest BCUT2D eigenvalue weighted by atomic mass is 9.96. The molecule has 0 aliphatic carbocycles. The maximum absolute atomic E-state index is 12.6. The topological polar surface area (TPSA) is 60.9 Å². The number of carbonyl (C=O) groups is 3. The number of piperidine rings is 1. The lowest BCUT2D eigenvalue weighted by Gasteiger charge is -2.38. The Kier molecular flexibility index (Phi) is 5.20. The molecule has 6 nitrogen and oxygen atoms in total. The summed E-state index contributed by atoms with van der Waals surface area (Å²) in [5, 5.41) is 0. The van der Waals surface area contributed by atoms with Gasteiger partial charge in [0.05, 0.1) is 5.92 Å². The number of rotatable bonds is 2. The number of piperazine rings is 1. The molecule has 6 heteroatoms. The Balaban J connectivity index is 1.88. The van der Waals surface area contributed by atoms with Crippen LogP contribution in [0.5, 0.6) is 0 Å². The maximum atomic E-state index is 12.6. The first-order valence-electron chi connectivity index (χ1n) is 7.85. The van der Waals surface area contributed by atoms with Crippen LogP contribution < -0.4 is 0 Å². The second kappa shape index (κ2) is 6.91. The van der Waals surface area contributed by atoms with Gasteiger partial charge < -0.3 is 14.7 Å². The zero-order valence-electron chi connectivity index (χ0n) is 13.0. The number of amides is 3. The molecule has 0 aromatic rings. The third-order valence-corrected chi connectivity index (χ3v) is 4.46. The molecule has 2 aliphatic rings. The third kappa shape index (κ3) is 3.74. The van der Waals surface area contributed by atoms with Gasteiger partial charge in [0.15, 0.2) is 0 Å². The van der Waals surface area contributed by atoms with Crippen molar-refractivity contribution in [1.82, 2.24) is 14.7 Å². The van der Waals surface area contributed by atoms with Gasteiger partial charge >= 0.3 is 0 Å². The minimum absolute atomic E-state index is 0.0690. The Morgan fingerprint density at radius 2 is 1.57 bits per heavy atom. The zero-order valence-corrected chi connectivity index (χ0v) is 13.0. The van der Waals surface area contributed by atoms with Crippen molar-refractivity contribution < 1.29 is 14.4 Å². The summed E-state index contributed by atoms with van der Waals surface area (Å²) in [6.45, 7) is 7.19. The van der Waals surface area contributed by atoms with E-state index < -0.39 is 0 Å². The van der Waals surface area contributed by atoms with Crippen LogP contribution >= 0.6 is 0 Å². The van der Waals surface area contributed by atoms with E-state index >= 15 is 0 Å². The molecule has 2 fully saturated rings. The van der Waals surface area contributed by atoms with Crippen molar-refractivity contribution >= 4 is 17.7 Å². The molecule has 0 N–H and O–H groups in total. The fourth-order valence-corrected chi connectivity index (χ4v) is 3.13. The molecule has 2 heterocycles. The molecule has 2 saturated heterocycles. The number of hydrogen-bond donors (Lipinski definition) is 0. The fourth-order valence-electron chi connectivity index (χ4n) is 3.13. The Hall–Kier alpha value is -1.59. The molecule has 2 rings (SSSR count). The Morgan fingerprint density at radius 3 is 2.14 bits per heavy atom. The summed E-state index contributed by atoms with van der Waals surface area (Å²) in [7, 11) is 0. The van der Waals surface area contributed by atoms with Crippen LogP contribution in [0.3, 0.4) is 0 Å². The van der Waals surface area contributed by atoms with Crippen LogP contribution in [0.25, 0.3) is 0 Å². The first-order chi connectivity index (χ1) is 10.0. The number of hydrogen-bond acceptors (Lipinski definition) is 3. The van der Waals surface area contributed by atoms with Gasteiger partial charge in [-0.2, -0.15) is 0 Å². The van der Waals surface area contributed by atoms with Crippen LogP contribution in [-0.2, 0) is 14.4 Å². The van der Waals surface area contributed by atoms with Crippen molar-refractivity contribution in [2.75, 3.05) is 39.3 Å². The highest BCUT2D eigenvalue weighted by atomic mass is 16.2. The van der Waals surface area contributed by atoms with Gasteiger partial charge in [-0.15, -0.1) is 0 Å². The van der Waals surface area contributed by atoms with Crippen LogP contribution in [0.4, 0.5) is 0 Å². The zero-order chi connectivity index (χ0) is 15.4. The molecule has 0 aromatic heterocycles. The van der Waals surface area contributed by atoms with Gasteiger partial charge in [-0.3, -0.25) is 14.4 Å². The Morgan fingerprint density at radius 1 is 0.952 bits per heavy atom. The summed E-state index contributed by atoms with van der Waals surface area (Å²) >= 11 is 0. The molecule has 1 unspecified atom stereocenters. The van der Waals surface area contributed by atoms with Crippen LogP contribution in [0.2, 0.25) is 0 Å². The minimum Gasteiger partial charge on any atom is -0.342 e. The van der Waals surface area contributed by atoms with Crippen LogP contribution in [0, 0.1) is 5.92 Å². The van der Waals surface area contributed by atoms with Gasteiger partial charge in [0, 0.05) is 52.6 Å². The number of nitrogens with zero attached hydrogens (tertiary/aromatic N) is 3. The standard InChI is InChI=1S/C15H25N3O3/c1-3-14(20)18-6-4-5-13(11-18)15(21)17-9-7-16(8-10-17)12(2)19/h13H,3-11H2,1-2H3. The molecule has 0 bridgehead atoms. The Bertz CT molecular complexity index is 416. The first kappa shape index (κ1) is 15.8. The molecule has 1 atom stereocenters. The van der Waals surface area contributed by atoms with E-state index in [4.69, 9.17) is 0 Å². The molecule has 0 saturated carbocycles. The van der Waals surface area contributed by atoms with E-state index in [0.29, 0.717) is 39.1 Å². The molecular formula is C15H25N3O3. The number of carbonyl (C=O) groups excluding carboxylic acids is 3. The number of likely N-dealkylation sites (tertiary alicyclic amines) is 1. The molecule has 3 amide bonds. The second-order valence-electron chi connectivity index (χ2n) is 5.86. The SMILES string of the molecule is CCC(=O)N1CCCC(C(=O)N2CCN(C(C)=O)CC2)C1. The normalized spacial score (nSPS) is 23.1. The van der Waals surface area contributed by atoms with Crippen molar-refractivity contribution in [3.8, 4) is 0 Å². The minimum atomic E-state index is -0.0712. The lowest BCUT2D eigenvalue weighted by molar-refractivity contribution is -0.144. The maximum Gasteiger partial charge on any atom is 0.227 e. The van der Waals surface area contributed by atoms with E-state index in [1.54, 1.807) is 11.8 Å². The summed E-state index contributed by atoms with van der Waals surface area (Å²) in [5.74, 6) is 0.276. The molecule has 21 heavy (non-hydrogen) atoms. The van der Waals surface area contributed by atoms with Gasteiger partial charge in [0.1, 0.15) is 0 Å². The molecule has 0 radical (unpaired) electrons. The summed E-state index contributed by atoms with van der Waals surface area (Å²) < 4.78 is 0. The van der Waals surface area contributed by atoms with Crippen molar-refractivity contribution in [2.45, 2.75) is 33.1 Å². The van der Waals surface area contributed by atoms with Crippen LogP contribution in [0.1, 0.15) is 33.1 Å². The van der Waals surface area contributed by atoms with E-state index in [9.17, 15) is 14.4 Å². The smallest absolute Gasteiger partial charge is 0.227 e. The lowest BCUT2D eigenvalue weighted by Crippen LogP contribution is -2.53. The van der Waals surface area contributed by atoms with Crippen molar-refractivity contribution in [3.63, 3.8) is 0 Å². The quantitative estimate of drug-likeness (QED) is 0.737. The van der Waals surface area contributed by atoms with E-state index in [1.165, 1.54) is 0 Å². The largest absolute Gasteiger partial charge is 0.342 e. The average Bonchev–Trinajstić information content (AvgIpc) is 2.53. The monoisotopic (exact) mass is 295 g/mol. The predicted molar refractivity (Wildman–Crippen MR) is 78.4 cm³/mol. The highest BCUT2D eigenvalue weighted by Crippen LogP contribution is 2.20. The summed E-state index contributed by atoms with van der Waals surface area (Å²) in [6.07, 6.45) is 2.26. The predicted octanol–water partition coefficient (Wildman–Crippen LogP) is 0.326. The molecular weight excluding hydrogens is 270 g/mol. The average molecular weight is 295 g/mol. The highest BCUT2D eigenvalue weighted by molar-refractivity contribution is 5.82. The van der Waals surface area contributed by atoms with E-state index in [1.807, 2.05) is 16.7 Å². The van der Waals surface area contributed by atoms with Crippen molar-refractivity contribution in [3.05, 3.63) is 0 Å². The molecule has 2 aliphatic heterocycles. The van der Waals surface area contributed by atoms with Crippen molar-refractivity contribution in [2.24, 2.45) is 5.92 Å². The van der Waals surface area contributed by atoms with Gasteiger partial charge in [-0.05, 0) is 12.8 Å². The van der Waals surface area contributed by atoms with E-state index in [-0.39, 0.29) is 23.6 Å².